The Labute approximate surface area is 170 Å². The summed E-state index contributed by atoms with van der Waals surface area (Å²) in [6.45, 7) is 3.55. The second-order valence-electron chi connectivity index (χ2n) is 6.53. The second kappa shape index (κ2) is 7.07. The monoisotopic (exact) mass is 416 g/mol. The highest BCUT2D eigenvalue weighted by Crippen LogP contribution is 2.45. The van der Waals surface area contributed by atoms with Crippen LogP contribution in [0, 0.1) is 0 Å². The topological polar surface area (TPSA) is 68.7 Å². The van der Waals surface area contributed by atoms with E-state index in [0.717, 1.165) is 4.70 Å². The first kappa shape index (κ1) is 18.7. The largest absolute Gasteiger partial charge is 0.475 e. The third-order valence-corrected chi connectivity index (χ3v) is 5.67. The number of hydrogen-bond acceptors (Lipinski definition) is 6. The number of hydrogen-bond donors (Lipinski definition) is 0. The van der Waals surface area contributed by atoms with Crippen LogP contribution >= 0.6 is 22.9 Å². The predicted octanol–water partition coefficient (Wildman–Crippen LogP) is 4.72. The summed E-state index contributed by atoms with van der Waals surface area (Å²) in [6.07, 6.45) is -0.193. The van der Waals surface area contributed by atoms with E-state index in [1.165, 1.54) is 16.2 Å². The fourth-order valence-electron chi connectivity index (χ4n) is 3.13. The molecule has 0 aliphatic carbocycles. The molecule has 6 nitrogen and oxygen atoms in total. The molecule has 28 heavy (non-hydrogen) atoms. The van der Waals surface area contributed by atoms with Gasteiger partial charge in [0.15, 0.2) is 10.7 Å². The molecule has 0 spiro atoms. The van der Waals surface area contributed by atoms with Crippen LogP contribution in [0.4, 0.5) is 10.8 Å². The quantitative estimate of drug-likeness (QED) is 0.575. The van der Waals surface area contributed by atoms with Crippen LogP contribution in [0.1, 0.15) is 20.3 Å². The van der Waals surface area contributed by atoms with Crippen LogP contribution in [-0.2, 0) is 14.3 Å². The van der Waals surface area contributed by atoms with Crippen molar-refractivity contribution >= 4 is 55.8 Å². The number of amides is 1. The molecule has 3 aromatic rings. The Morgan fingerprint density at radius 3 is 2.89 bits per heavy atom. The third-order valence-electron chi connectivity index (χ3n) is 4.41. The number of halogens is 1. The standard InChI is InChI=1S/C20H17ClN2O4S/c1-3-26-17(24)11-20(2)18(25)23(14-6-4-5-7-15(14)27-20)19-22-13-10-12(21)8-9-16(13)28-19/h4-10H,3,11H2,1-2H3. The zero-order chi connectivity index (χ0) is 19.9. The van der Waals surface area contributed by atoms with Gasteiger partial charge in [0.25, 0.3) is 5.91 Å². The molecule has 8 heteroatoms. The number of rotatable bonds is 4. The summed E-state index contributed by atoms with van der Waals surface area (Å²) >= 11 is 7.44. The van der Waals surface area contributed by atoms with Crippen molar-refractivity contribution in [1.29, 1.82) is 0 Å². The number of nitrogens with zero attached hydrogens (tertiary/aromatic N) is 2. The van der Waals surface area contributed by atoms with Crippen molar-refractivity contribution in [3.8, 4) is 5.75 Å². The summed E-state index contributed by atoms with van der Waals surface area (Å²) < 4.78 is 11.9. The lowest BCUT2D eigenvalue weighted by Gasteiger charge is -2.39. The van der Waals surface area contributed by atoms with E-state index in [4.69, 9.17) is 21.1 Å². The van der Waals surface area contributed by atoms with E-state index < -0.39 is 11.6 Å². The fourth-order valence-corrected chi connectivity index (χ4v) is 4.26. The van der Waals surface area contributed by atoms with E-state index in [1.807, 2.05) is 18.2 Å². The van der Waals surface area contributed by atoms with Gasteiger partial charge in [-0.25, -0.2) is 9.88 Å². The third kappa shape index (κ3) is 3.21. The van der Waals surface area contributed by atoms with E-state index >= 15 is 0 Å². The molecule has 0 bridgehead atoms. The van der Waals surface area contributed by atoms with E-state index in [1.54, 1.807) is 38.1 Å². The fraction of sp³-hybridized carbons (Fsp3) is 0.250. The number of aromatic nitrogens is 1. The minimum absolute atomic E-state index is 0.193. The molecule has 1 atom stereocenters. The Balaban J connectivity index is 1.81. The Morgan fingerprint density at radius 1 is 1.32 bits per heavy atom. The van der Waals surface area contributed by atoms with Crippen LogP contribution in [0.2, 0.25) is 5.02 Å². The van der Waals surface area contributed by atoms with Crippen LogP contribution in [0.3, 0.4) is 0 Å². The highest BCUT2D eigenvalue weighted by atomic mass is 35.5. The van der Waals surface area contributed by atoms with Crippen molar-refractivity contribution in [2.45, 2.75) is 25.9 Å². The number of carbonyl (C=O) groups excluding carboxylic acids is 2. The van der Waals surface area contributed by atoms with Crippen LogP contribution in [0.15, 0.2) is 42.5 Å². The normalized spacial score (nSPS) is 18.7. The van der Waals surface area contributed by atoms with Gasteiger partial charge in [-0.15, -0.1) is 0 Å². The number of anilines is 2. The molecular weight excluding hydrogens is 400 g/mol. The maximum Gasteiger partial charge on any atom is 0.310 e. The minimum Gasteiger partial charge on any atom is -0.475 e. The zero-order valence-electron chi connectivity index (χ0n) is 15.3. The average molecular weight is 417 g/mol. The van der Waals surface area contributed by atoms with Gasteiger partial charge in [0.2, 0.25) is 0 Å². The Kier molecular flexibility index (Phi) is 4.72. The van der Waals surface area contributed by atoms with Gasteiger partial charge in [0.05, 0.1) is 28.9 Å². The lowest BCUT2D eigenvalue weighted by atomic mass is 9.97. The van der Waals surface area contributed by atoms with Crippen LogP contribution in [-0.4, -0.2) is 29.1 Å². The molecule has 0 radical (unpaired) electrons. The molecule has 1 aliphatic heterocycles. The molecule has 144 valence electrons. The van der Waals surface area contributed by atoms with E-state index in [2.05, 4.69) is 4.98 Å². The number of fused-ring (bicyclic) bond motifs is 2. The van der Waals surface area contributed by atoms with Gasteiger partial charge in [-0.1, -0.05) is 35.1 Å². The molecule has 0 saturated heterocycles. The van der Waals surface area contributed by atoms with Gasteiger partial charge in [-0.3, -0.25) is 9.59 Å². The summed E-state index contributed by atoms with van der Waals surface area (Å²) in [5, 5.41) is 1.07. The molecular formula is C20H17ClN2O4S. The maximum atomic E-state index is 13.4. The highest BCUT2D eigenvalue weighted by molar-refractivity contribution is 7.22. The summed E-state index contributed by atoms with van der Waals surface area (Å²) in [4.78, 5) is 31.6. The number of benzene rings is 2. The SMILES string of the molecule is CCOC(=O)CC1(C)Oc2ccccc2N(c2nc3cc(Cl)ccc3s2)C1=O. The van der Waals surface area contributed by atoms with Crippen LogP contribution < -0.4 is 9.64 Å². The lowest BCUT2D eigenvalue weighted by molar-refractivity contribution is -0.152. The molecule has 2 heterocycles. The molecule has 4 rings (SSSR count). The highest BCUT2D eigenvalue weighted by Gasteiger charge is 2.48. The lowest BCUT2D eigenvalue weighted by Crippen LogP contribution is -2.53. The van der Waals surface area contributed by atoms with Crippen molar-refractivity contribution in [2.75, 3.05) is 11.5 Å². The van der Waals surface area contributed by atoms with Gasteiger partial charge >= 0.3 is 5.97 Å². The first-order valence-corrected chi connectivity index (χ1v) is 9.95. The molecule has 0 fully saturated rings. The van der Waals surface area contributed by atoms with Crippen molar-refractivity contribution in [2.24, 2.45) is 0 Å². The van der Waals surface area contributed by atoms with Gasteiger partial charge in [0.1, 0.15) is 5.75 Å². The number of esters is 1. The van der Waals surface area contributed by atoms with Crippen molar-refractivity contribution < 1.29 is 19.1 Å². The minimum atomic E-state index is -1.39. The van der Waals surface area contributed by atoms with E-state index in [0.29, 0.717) is 27.1 Å². The Bertz CT molecular complexity index is 1080. The van der Waals surface area contributed by atoms with Gasteiger partial charge in [0, 0.05) is 5.02 Å². The van der Waals surface area contributed by atoms with Crippen molar-refractivity contribution in [1.82, 2.24) is 4.98 Å². The Morgan fingerprint density at radius 2 is 2.11 bits per heavy atom. The first-order chi connectivity index (χ1) is 13.4. The molecule has 1 aliphatic rings. The number of thiazole rings is 1. The maximum absolute atomic E-state index is 13.4. The van der Waals surface area contributed by atoms with Gasteiger partial charge in [-0.2, -0.15) is 0 Å². The number of para-hydroxylation sites is 2. The summed E-state index contributed by atoms with van der Waals surface area (Å²) in [5.41, 5.74) is -0.105. The van der Waals surface area contributed by atoms with Crippen LogP contribution in [0.25, 0.3) is 10.2 Å². The molecule has 1 aromatic heterocycles. The van der Waals surface area contributed by atoms with E-state index in [9.17, 15) is 9.59 Å². The van der Waals surface area contributed by atoms with Crippen molar-refractivity contribution in [3.05, 3.63) is 47.5 Å². The molecule has 0 saturated carbocycles. The molecule has 1 amide bonds. The zero-order valence-corrected chi connectivity index (χ0v) is 16.8. The number of ether oxygens (including phenoxy) is 2. The molecule has 1 unspecified atom stereocenters. The number of carbonyl (C=O) groups is 2. The smallest absolute Gasteiger partial charge is 0.310 e. The van der Waals surface area contributed by atoms with Gasteiger partial charge in [-0.05, 0) is 44.2 Å². The predicted molar refractivity (Wildman–Crippen MR) is 109 cm³/mol. The Hall–Kier alpha value is -2.64. The molecule has 2 aromatic carbocycles. The first-order valence-electron chi connectivity index (χ1n) is 8.75. The van der Waals surface area contributed by atoms with E-state index in [-0.39, 0.29) is 18.9 Å². The average Bonchev–Trinajstić information content (AvgIpc) is 3.05. The summed E-state index contributed by atoms with van der Waals surface area (Å²) in [5.74, 6) is -0.357. The van der Waals surface area contributed by atoms with Crippen LogP contribution in [0.5, 0.6) is 5.75 Å². The summed E-state index contributed by atoms with van der Waals surface area (Å²) in [6, 6.07) is 12.6. The summed E-state index contributed by atoms with van der Waals surface area (Å²) in [7, 11) is 0. The van der Waals surface area contributed by atoms with Gasteiger partial charge < -0.3 is 9.47 Å². The second-order valence-corrected chi connectivity index (χ2v) is 7.98. The van der Waals surface area contributed by atoms with Crippen molar-refractivity contribution in [3.63, 3.8) is 0 Å². The molecule has 0 N–H and O–H groups in total.